The van der Waals surface area contributed by atoms with E-state index >= 15 is 0 Å². The lowest BCUT2D eigenvalue weighted by molar-refractivity contribution is -0.137. The Labute approximate surface area is 212 Å². The maximum Gasteiger partial charge on any atom is 0.416 e. The molecule has 37 heavy (non-hydrogen) atoms. The van der Waals surface area contributed by atoms with E-state index in [9.17, 15) is 28.8 Å². The van der Waals surface area contributed by atoms with Crippen LogP contribution in [0.2, 0.25) is 0 Å². The molecule has 0 aliphatic carbocycles. The number of halogens is 3. The molecule has 2 N–H and O–H groups in total. The van der Waals surface area contributed by atoms with Gasteiger partial charge in [-0.15, -0.1) is 5.10 Å². The predicted molar refractivity (Wildman–Crippen MR) is 131 cm³/mol. The van der Waals surface area contributed by atoms with E-state index < -0.39 is 23.4 Å². The highest BCUT2D eigenvalue weighted by Gasteiger charge is 2.32. The maximum atomic E-state index is 13.1. The number of nitrogens with zero attached hydrogens (tertiary/aromatic N) is 6. The van der Waals surface area contributed by atoms with Gasteiger partial charge in [0.1, 0.15) is 11.8 Å². The van der Waals surface area contributed by atoms with E-state index in [1.165, 1.54) is 23.0 Å². The number of nitriles is 2. The highest BCUT2D eigenvalue weighted by molar-refractivity contribution is 5.66. The van der Waals surface area contributed by atoms with Gasteiger partial charge in [0.25, 0.3) is 0 Å². The SMILES string of the molecule is CC(C)(O)C1CCN(c2ccc(NC(C#N)c3cn(-c4cccc(C(F)(F)F)c4)nn3)cc2C#N)CC1. The van der Waals surface area contributed by atoms with Gasteiger partial charge < -0.3 is 15.3 Å². The van der Waals surface area contributed by atoms with E-state index in [1.807, 2.05) is 19.9 Å². The second-order valence-electron chi connectivity index (χ2n) is 9.60. The third-order valence-electron chi connectivity index (χ3n) is 6.64. The van der Waals surface area contributed by atoms with Crippen LogP contribution in [0, 0.1) is 28.6 Å². The molecule has 2 aromatic carbocycles. The van der Waals surface area contributed by atoms with Gasteiger partial charge in [0.2, 0.25) is 0 Å². The Morgan fingerprint density at radius 3 is 2.46 bits per heavy atom. The third-order valence-corrected chi connectivity index (χ3v) is 6.64. The van der Waals surface area contributed by atoms with Crippen molar-refractivity contribution in [3.05, 3.63) is 65.5 Å². The van der Waals surface area contributed by atoms with Crippen LogP contribution < -0.4 is 10.2 Å². The molecular weight excluding hydrogens is 483 g/mol. The predicted octanol–water partition coefficient (Wildman–Crippen LogP) is 4.82. The molecular formula is C26H26F3N7O. The summed E-state index contributed by atoms with van der Waals surface area (Å²) in [7, 11) is 0. The molecule has 8 nitrogen and oxygen atoms in total. The van der Waals surface area contributed by atoms with Gasteiger partial charge in [-0.2, -0.15) is 23.7 Å². The molecule has 0 bridgehead atoms. The molecule has 1 aliphatic rings. The van der Waals surface area contributed by atoms with Crippen molar-refractivity contribution in [2.75, 3.05) is 23.3 Å². The topological polar surface area (TPSA) is 114 Å². The van der Waals surface area contributed by atoms with Crippen molar-refractivity contribution in [3.63, 3.8) is 0 Å². The van der Waals surface area contributed by atoms with Crippen molar-refractivity contribution >= 4 is 11.4 Å². The summed E-state index contributed by atoms with van der Waals surface area (Å²) in [4.78, 5) is 2.12. The zero-order valence-electron chi connectivity index (χ0n) is 20.4. The van der Waals surface area contributed by atoms with Crippen molar-refractivity contribution in [1.29, 1.82) is 10.5 Å². The fraction of sp³-hybridized carbons (Fsp3) is 0.385. The third kappa shape index (κ3) is 5.84. The first-order valence-electron chi connectivity index (χ1n) is 11.8. The molecule has 192 valence electrons. The molecule has 4 rings (SSSR count). The minimum Gasteiger partial charge on any atom is -0.390 e. The summed E-state index contributed by atoms with van der Waals surface area (Å²) in [5.74, 6) is 0.191. The molecule has 1 fully saturated rings. The van der Waals surface area contributed by atoms with Crippen LogP contribution in [0.25, 0.3) is 5.69 Å². The Balaban J connectivity index is 1.49. The Morgan fingerprint density at radius 1 is 1.11 bits per heavy atom. The van der Waals surface area contributed by atoms with Gasteiger partial charge in [0, 0.05) is 18.8 Å². The molecule has 1 unspecified atom stereocenters. The van der Waals surface area contributed by atoms with E-state index in [0.717, 1.165) is 43.8 Å². The fourth-order valence-corrected chi connectivity index (χ4v) is 4.52. The minimum absolute atomic E-state index is 0.162. The lowest BCUT2D eigenvalue weighted by Gasteiger charge is -2.39. The summed E-state index contributed by atoms with van der Waals surface area (Å²) in [6.07, 6.45) is -1.48. The quantitative estimate of drug-likeness (QED) is 0.490. The first-order valence-corrected chi connectivity index (χ1v) is 11.8. The van der Waals surface area contributed by atoms with Crippen LogP contribution in [-0.2, 0) is 6.18 Å². The zero-order valence-corrected chi connectivity index (χ0v) is 20.4. The van der Waals surface area contributed by atoms with Crippen molar-refractivity contribution in [2.45, 2.75) is 44.5 Å². The van der Waals surface area contributed by atoms with Gasteiger partial charge in [0.15, 0.2) is 6.04 Å². The standard InChI is InChI=1S/C26H26F3N7O/c1-25(2,37)18-8-10-35(11-9-18)24-7-6-20(12-17(24)14-30)32-22(15-31)23-16-36(34-33-23)21-5-3-4-19(13-21)26(27,28)29/h3-7,12-13,16,18,22,32,37H,8-11H2,1-2H3. The number of piperidine rings is 1. The van der Waals surface area contributed by atoms with Crippen molar-refractivity contribution < 1.29 is 18.3 Å². The Morgan fingerprint density at radius 2 is 1.84 bits per heavy atom. The first-order chi connectivity index (χ1) is 17.5. The number of alkyl halides is 3. The number of anilines is 2. The van der Waals surface area contributed by atoms with Crippen LogP contribution in [0.1, 0.15) is 49.6 Å². The second-order valence-corrected chi connectivity index (χ2v) is 9.60. The van der Waals surface area contributed by atoms with E-state index in [2.05, 4.69) is 32.7 Å². The van der Waals surface area contributed by atoms with Crippen LogP contribution in [-0.4, -0.2) is 38.8 Å². The molecule has 1 saturated heterocycles. The Hall–Kier alpha value is -4.09. The molecule has 0 saturated carbocycles. The van der Waals surface area contributed by atoms with Gasteiger partial charge >= 0.3 is 6.18 Å². The smallest absolute Gasteiger partial charge is 0.390 e. The molecule has 0 radical (unpaired) electrons. The van der Waals surface area contributed by atoms with E-state index in [4.69, 9.17) is 0 Å². The van der Waals surface area contributed by atoms with Gasteiger partial charge in [-0.05, 0) is 69.0 Å². The van der Waals surface area contributed by atoms with Crippen LogP contribution in [0.3, 0.4) is 0 Å². The minimum atomic E-state index is -4.49. The van der Waals surface area contributed by atoms with Gasteiger partial charge in [-0.25, -0.2) is 4.68 Å². The largest absolute Gasteiger partial charge is 0.416 e. The molecule has 11 heteroatoms. The van der Waals surface area contributed by atoms with E-state index in [1.54, 1.807) is 12.1 Å². The molecule has 2 heterocycles. The number of rotatable bonds is 6. The van der Waals surface area contributed by atoms with Crippen LogP contribution in [0.4, 0.5) is 24.5 Å². The number of aliphatic hydroxyl groups is 1. The maximum absolute atomic E-state index is 13.1. The molecule has 1 aliphatic heterocycles. The highest BCUT2D eigenvalue weighted by atomic mass is 19.4. The lowest BCUT2D eigenvalue weighted by Crippen LogP contribution is -2.42. The molecule has 0 spiro atoms. The summed E-state index contributed by atoms with van der Waals surface area (Å²) in [6, 6.07) is 13.2. The Bertz CT molecular complexity index is 1340. The van der Waals surface area contributed by atoms with Gasteiger partial charge in [-0.1, -0.05) is 11.3 Å². The summed E-state index contributed by atoms with van der Waals surface area (Å²) in [5.41, 5.74) is 0.568. The summed E-state index contributed by atoms with van der Waals surface area (Å²) in [6.45, 7) is 5.07. The summed E-state index contributed by atoms with van der Waals surface area (Å²) in [5, 5.41) is 40.6. The molecule has 0 amide bonds. The summed E-state index contributed by atoms with van der Waals surface area (Å²) >= 11 is 0. The highest BCUT2D eigenvalue weighted by Crippen LogP contribution is 2.33. The lowest BCUT2D eigenvalue weighted by atomic mass is 9.83. The van der Waals surface area contributed by atoms with Crippen molar-refractivity contribution in [1.82, 2.24) is 15.0 Å². The van der Waals surface area contributed by atoms with E-state index in [-0.39, 0.29) is 17.3 Å². The average Bonchev–Trinajstić information content (AvgIpc) is 3.36. The normalized spacial score (nSPS) is 15.6. The number of hydrogen-bond donors (Lipinski definition) is 2. The average molecular weight is 510 g/mol. The number of nitrogens with one attached hydrogen (secondary N) is 1. The van der Waals surface area contributed by atoms with E-state index in [0.29, 0.717) is 11.3 Å². The molecule has 1 atom stereocenters. The molecule has 1 aromatic heterocycles. The zero-order chi connectivity index (χ0) is 26.8. The number of benzene rings is 2. The van der Waals surface area contributed by atoms with Crippen molar-refractivity contribution in [2.24, 2.45) is 5.92 Å². The number of aromatic nitrogens is 3. The second kappa shape index (κ2) is 10.1. The Kier molecular flexibility index (Phi) is 7.10. The van der Waals surface area contributed by atoms with Crippen LogP contribution >= 0.6 is 0 Å². The number of hydrogen-bond acceptors (Lipinski definition) is 7. The summed E-state index contributed by atoms with van der Waals surface area (Å²) < 4.78 is 40.3. The van der Waals surface area contributed by atoms with Crippen LogP contribution in [0.5, 0.6) is 0 Å². The first kappa shape index (κ1) is 26.0. The van der Waals surface area contributed by atoms with Crippen molar-refractivity contribution in [3.8, 4) is 17.8 Å². The van der Waals surface area contributed by atoms with Gasteiger partial charge in [-0.3, -0.25) is 0 Å². The monoisotopic (exact) mass is 509 g/mol. The van der Waals surface area contributed by atoms with Gasteiger partial charge in [0.05, 0.1) is 40.4 Å². The fourth-order valence-electron chi connectivity index (χ4n) is 4.52. The van der Waals surface area contributed by atoms with Crippen LogP contribution in [0.15, 0.2) is 48.7 Å². The molecule has 3 aromatic rings.